The average molecular weight is 436 g/mol. The number of aliphatic carboxylic acids is 1. The molecule has 31 heavy (non-hydrogen) atoms. The van der Waals surface area contributed by atoms with Crippen molar-refractivity contribution in [3.8, 4) is 17.2 Å². The van der Waals surface area contributed by atoms with Crippen LogP contribution in [0.4, 0.5) is 0 Å². The van der Waals surface area contributed by atoms with Gasteiger partial charge in [-0.15, -0.1) is 11.3 Å². The van der Waals surface area contributed by atoms with Gasteiger partial charge in [0.2, 0.25) is 0 Å². The molecule has 0 radical (unpaired) electrons. The van der Waals surface area contributed by atoms with Crippen molar-refractivity contribution in [2.75, 3.05) is 0 Å². The van der Waals surface area contributed by atoms with E-state index in [-0.39, 0.29) is 0 Å². The van der Waals surface area contributed by atoms with Gasteiger partial charge >= 0.3 is 5.97 Å². The van der Waals surface area contributed by atoms with E-state index in [9.17, 15) is 9.90 Å². The van der Waals surface area contributed by atoms with Crippen molar-refractivity contribution in [1.29, 1.82) is 5.26 Å². The van der Waals surface area contributed by atoms with Gasteiger partial charge in [0.15, 0.2) is 6.10 Å². The van der Waals surface area contributed by atoms with Gasteiger partial charge in [-0.1, -0.05) is 0 Å². The van der Waals surface area contributed by atoms with E-state index in [2.05, 4.69) is 4.98 Å². The number of nitrogens with zero attached hydrogens (tertiary/aromatic N) is 3. The fourth-order valence-corrected chi connectivity index (χ4v) is 5.55. The minimum atomic E-state index is -1.17. The highest BCUT2D eigenvalue weighted by molar-refractivity contribution is 7.19. The minimum Gasteiger partial charge on any atom is -0.479 e. The van der Waals surface area contributed by atoms with Crippen LogP contribution in [0.25, 0.3) is 21.3 Å². The number of aromatic nitrogens is 2. The number of hydrogen-bond acceptors (Lipinski definition) is 6. The summed E-state index contributed by atoms with van der Waals surface area (Å²) in [4.78, 5) is 23.7. The highest BCUT2D eigenvalue weighted by Gasteiger charge is 2.34. The molecule has 6 nitrogen and oxygen atoms in total. The molecular weight excluding hydrogens is 410 g/mol. The largest absolute Gasteiger partial charge is 0.479 e. The predicted molar refractivity (Wildman–Crippen MR) is 120 cm³/mol. The van der Waals surface area contributed by atoms with E-state index in [4.69, 9.17) is 15.0 Å². The lowest BCUT2D eigenvalue weighted by molar-refractivity contribution is -0.160. The van der Waals surface area contributed by atoms with Crippen LogP contribution >= 0.6 is 11.3 Å². The van der Waals surface area contributed by atoms with Crippen LogP contribution in [0.1, 0.15) is 67.1 Å². The number of pyridine rings is 2. The molecule has 1 atom stereocenters. The number of nitriles is 1. The molecule has 0 bridgehead atoms. The molecule has 0 spiro atoms. The number of ether oxygens (including phenoxy) is 1. The van der Waals surface area contributed by atoms with Crippen molar-refractivity contribution in [3.63, 3.8) is 0 Å². The second-order valence-corrected chi connectivity index (χ2v) is 9.95. The SMILES string of the molecule is Cc1nc2sc3c(c2c(-c2ccc(C#N)nc2)c1C(OC(C)(C)C)C(=O)O)CCCC3. The number of thiophene rings is 1. The van der Waals surface area contributed by atoms with Gasteiger partial charge in [0.25, 0.3) is 0 Å². The number of carboxylic acids is 1. The van der Waals surface area contributed by atoms with E-state index < -0.39 is 17.7 Å². The van der Waals surface area contributed by atoms with Gasteiger partial charge < -0.3 is 9.84 Å². The van der Waals surface area contributed by atoms with E-state index in [0.717, 1.165) is 47.0 Å². The molecule has 0 aromatic carbocycles. The summed E-state index contributed by atoms with van der Waals surface area (Å²) >= 11 is 1.70. The molecule has 1 unspecified atom stereocenters. The Labute approximate surface area is 185 Å². The van der Waals surface area contributed by atoms with E-state index in [0.29, 0.717) is 17.0 Å². The molecule has 0 saturated carbocycles. The first-order valence-corrected chi connectivity index (χ1v) is 11.2. The fourth-order valence-electron chi connectivity index (χ4n) is 4.23. The van der Waals surface area contributed by atoms with E-state index >= 15 is 0 Å². The Bertz CT molecular complexity index is 1200. The van der Waals surface area contributed by atoms with Crippen molar-refractivity contribution in [2.24, 2.45) is 0 Å². The monoisotopic (exact) mass is 435 g/mol. The molecular formula is C24H25N3O3S. The normalized spacial score (nSPS) is 14.8. The molecule has 0 saturated heterocycles. The molecule has 0 fully saturated rings. The summed E-state index contributed by atoms with van der Waals surface area (Å²) in [7, 11) is 0. The Hall–Kier alpha value is -2.82. The molecule has 0 aliphatic heterocycles. The van der Waals surface area contributed by atoms with Crippen LogP contribution in [0.3, 0.4) is 0 Å². The summed E-state index contributed by atoms with van der Waals surface area (Å²) in [6.45, 7) is 7.38. The highest BCUT2D eigenvalue weighted by Crippen LogP contribution is 2.45. The fraction of sp³-hybridized carbons (Fsp3) is 0.417. The van der Waals surface area contributed by atoms with Gasteiger partial charge in [-0.05, 0) is 71.1 Å². The van der Waals surface area contributed by atoms with E-state index in [1.165, 1.54) is 10.4 Å². The molecule has 4 rings (SSSR count). The van der Waals surface area contributed by atoms with Crippen molar-refractivity contribution in [1.82, 2.24) is 9.97 Å². The van der Waals surface area contributed by atoms with Gasteiger partial charge in [0.1, 0.15) is 16.6 Å². The number of hydrogen-bond donors (Lipinski definition) is 1. The number of aryl methyl sites for hydroxylation is 3. The first-order valence-electron chi connectivity index (χ1n) is 10.4. The minimum absolute atomic E-state index is 0.320. The Kier molecular flexibility index (Phi) is 5.54. The zero-order chi connectivity index (χ0) is 22.3. The standard InChI is InChI=1S/C24H25N3O3S/c1-13-18(21(23(28)29)30-24(2,3)4)19(14-9-10-15(11-25)26-12-14)20-16-7-5-6-8-17(16)31-22(20)27-13/h9-10,12,21H,5-8H2,1-4H3,(H,28,29). The van der Waals surface area contributed by atoms with E-state index in [1.807, 2.05) is 39.8 Å². The predicted octanol–water partition coefficient (Wildman–Crippen LogP) is 5.36. The third-order valence-electron chi connectivity index (χ3n) is 5.46. The van der Waals surface area contributed by atoms with Gasteiger partial charge in [-0.3, -0.25) is 0 Å². The molecule has 3 aromatic heterocycles. The summed E-state index contributed by atoms with van der Waals surface area (Å²) in [6, 6.07) is 5.55. The van der Waals surface area contributed by atoms with Crippen LogP contribution in [0.5, 0.6) is 0 Å². The van der Waals surface area contributed by atoms with Crippen molar-refractivity contribution in [3.05, 3.63) is 45.7 Å². The van der Waals surface area contributed by atoms with Crippen LogP contribution in [0.2, 0.25) is 0 Å². The lowest BCUT2D eigenvalue weighted by Gasteiger charge is -2.28. The van der Waals surface area contributed by atoms with Gasteiger partial charge in [0, 0.05) is 38.8 Å². The summed E-state index contributed by atoms with van der Waals surface area (Å²) in [5, 5.41) is 20.3. The molecule has 3 heterocycles. The number of fused-ring (bicyclic) bond motifs is 3. The average Bonchev–Trinajstić information content (AvgIpc) is 3.08. The maximum absolute atomic E-state index is 12.4. The lowest BCUT2D eigenvalue weighted by atomic mass is 9.88. The number of carboxylic acid groups (broad SMARTS) is 1. The van der Waals surface area contributed by atoms with Gasteiger partial charge in [0.05, 0.1) is 5.60 Å². The quantitative estimate of drug-likeness (QED) is 0.593. The van der Waals surface area contributed by atoms with Gasteiger partial charge in [-0.2, -0.15) is 5.26 Å². The molecule has 160 valence electrons. The van der Waals surface area contributed by atoms with Crippen molar-refractivity contribution in [2.45, 2.75) is 65.1 Å². The molecule has 1 aliphatic rings. The highest BCUT2D eigenvalue weighted by atomic mass is 32.1. The molecule has 1 aliphatic carbocycles. The first-order chi connectivity index (χ1) is 14.7. The van der Waals surface area contributed by atoms with Crippen molar-refractivity contribution >= 4 is 27.5 Å². The Morgan fingerprint density at radius 2 is 2.03 bits per heavy atom. The second-order valence-electron chi connectivity index (χ2n) is 8.87. The zero-order valence-corrected chi connectivity index (χ0v) is 19.0. The Balaban J connectivity index is 2.08. The maximum Gasteiger partial charge on any atom is 0.337 e. The van der Waals surface area contributed by atoms with Crippen LogP contribution in [-0.4, -0.2) is 26.6 Å². The summed E-state index contributed by atoms with van der Waals surface area (Å²) in [6.07, 6.45) is 4.73. The third kappa shape index (κ3) is 4.06. The summed E-state index contributed by atoms with van der Waals surface area (Å²) in [5.74, 6) is -1.05. The van der Waals surface area contributed by atoms with Crippen LogP contribution in [-0.2, 0) is 22.4 Å². The molecule has 3 aromatic rings. The van der Waals surface area contributed by atoms with Gasteiger partial charge in [-0.25, -0.2) is 14.8 Å². The smallest absolute Gasteiger partial charge is 0.337 e. The third-order valence-corrected chi connectivity index (χ3v) is 6.64. The molecule has 1 N–H and O–H groups in total. The molecule has 0 amide bonds. The molecule has 7 heteroatoms. The Morgan fingerprint density at radius 1 is 1.29 bits per heavy atom. The topological polar surface area (TPSA) is 96.1 Å². The lowest BCUT2D eigenvalue weighted by Crippen LogP contribution is -2.28. The van der Waals surface area contributed by atoms with Crippen molar-refractivity contribution < 1.29 is 14.6 Å². The maximum atomic E-state index is 12.4. The van der Waals surface area contributed by atoms with Crippen LogP contribution in [0, 0.1) is 18.3 Å². The number of carbonyl (C=O) groups is 1. The summed E-state index contributed by atoms with van der Waals surface area (Å²) < 4.78 is 6.03. The Morgan fingerprint density at radius 3 is 2.65 bits per heavy atom. The van der Waals surface area contributed by atoms with E-state index in [1.54, 1.807) is 23.6 Å². The van der Waals surface area contributed by atoms with Crippen LogP contribution < -0.4 is 0 Å². The second kappa shape index (κ2) is 8.03. The zero-order valence-electron chi connectivity index (χ0n) is 18.2. The summed E-state index contributed by atoms with van der Waals surface area (Å²) in [5.41, 5.74) is 3.72. The first kappa shape index (κ1) is 21.4. The van der Waals surface area contributed by atoms with Crippen LogP contribution in [0.15, 0.2) is 18.3 Å². The number of rotatable bonds is 4.